The van der Waals surface area contributed by atoms with Gasteiger partial charge in [0.25, 0.3) is 0 Å². The number of nitrogens with zero attached hydrogens (tertiary/aromatic N) is 1. The zero-order valence-corrected chi connectivity index (χ0v) is 14.6. The molecule has 0 aliphatic heterocycles. The molecule has 1 rings (SSSR count). The quantitative estimate of drug-likeness (QED) is 0.789. The predicted molar refractivity (Wildman–Crippen MR) is 90.6 cm³/mol. The third-order valence-electron chi connectivity index (χ3n) is 3.50. The standard InChI is InChI=1S/C16H24FN3O2.ClH/c1-4-20(15(22)16(2,3)11-18)10-14(21)19-9-12-5-7-13(17)8-6-12;/h5-8H,4,9-11,18H2,1-3H3,(H,19,21);1H. The van der Waals surface area contributed by atoms with Crippen LogP contribution >= 0.6 is 12.4 Å². The number of nitrogens with one attached hydrogen (secondary N) is 1. The van der Waals surface area contributed by atoms with E-state index in [0.717, 1.165) is 5.56 Å². The number of amides is 2. The largest absolute Gasteiger partial charge is 0.350 e. The number of carbonyl (C=O) groups is 2. The Bertz CT molecular complexity index is 521. The molecule has 3 N–H and O–H groups in total. The summed E-state index contributed by atoms with van der Waals surface area (Å²) in [4.78, 5) is 25.7. The molecule has 5 nitrogen and oxygen atoms in total. The molecular formula is C16H25ClFN3O2. The van der Waals surface area contributed by atoms with Crippen molar-refractivity contribution in [2.24, 2.45) is 11.1 Å². The highest BCUT2D eigenvalue weighted by atomic mass is 35.5. The summed E-state index contributed by atoms with van der Waals surface area (Å²) in [5.74, 6) is -0.719. The molecule has 0 spiro atoms. The van der Waals surface area contributed by atoms with Crippen LogP contribution in [0.5, 0.6) is 0 Å². The summed E-state index contributed by atoms with van der Waals surface area (Å²) in [5, 5.41) is 2.72. The fourth-order valence-corrected chi connectivity index (χ4v) is 1.87. The van der Waals surface area contributed by atoms with Crippen molar-refractivity contribution in [1.29, 1.82) is 0 Å². The van der Waals surface area contributed by atoms with Crippen molar-refractivity contribution in [2.75, 3.05) is 19.6 Å². The van der Waals surface area contributed by atoms with E-state index in [1.807, 2.05) is 6.92 Å². The van der Waals surface area contributed by atoms with Gasteiger partial charge in [0.2, 0.25) is 11.8 Å². The number of carbonyl (C=O) groups excluding carboxylic acids is 2. The van der Waals surface area contributed by atoms with Gasteiger partial charge in [-0.05, 0) is 38.5 Å². The fourth-order valence-electron chi connectivity index (χ4n) is 1.87. The van der Waals surface area contributed by atoms with Gasteiger partial charge in [-0.1, -0.05) is 12.1 Å². The molecule has 0 aliphatic carbocycles. The number of nitrogens with two attached hydrogens (primary N) is 1. The third-order valence-corrected chi connectivity index (χ3v) is 3.50. The molecule has 0 saturated heterocycles. The molecule has 0 fully saturated rings. The molecule has 0 saturated carbocycles. The van der Waals surface area contributed by atoms with Gasteiger partial charge >= 0.3 is 0 Å². The first-order chi connectivity index (χ1) is 10.3. The average molecular weight is 346 g/mol. The van der Waals surface area contributed by atoms with Crippen molar-refractivity contribution in [3.63, 3.8) is 0 Å². The van der Waals surface area contributed by atoms with Gasteiger partial charge in [0.1, 0.15) is 5.82 Å². The number of rotatable bonds is 7. The molecule has 2 amide bonds. The lowest BCUT2D eigenvalue weighted by Crippen LogP contribution is -2.48. The lowest BCUT2D eigenvalue weighted by atomic mass is 9.92. The van der Waals surface area contributed by atoms with E-state index in [9.17, 15) is 14.0 Å². The molecule has 0 atom stereocenters. The minimum absolute atomic E-state index is 0. The Morgan fingerprint density at radius 2 is 1.83 bits per heavy atom. The smallest absolute Gasteiger partial charge is 0.239 e. The highest BCUT2D eigenvalue weighted by molar-refractivity contribution is 5.87. The lowest BCUT2D eigenvalue weighted by molar-refractivity contribution is -0.142. The maximum atomic E-state index is 12.8. The van der Waals surface area contributed by atoms with Gasteiger partial charge in [-0.25, -0.2) is 4.39 Å². The molecular weight excluding hydrogens is 321 g/mol. The van der Waals surface area contributed by atoms with Crippen molar-refractivity contribution in [1.82, 2.24) is 10.2 Å². The van der Waals surface area contributed by atoms with Crippen LogP contribution in [0, 0.1) is 11.2 Å². The average Bonchev–Trinajstić information content (AvgIpc) is 2.51. The molecule has 1 aromatic carbocycles. The summed E-state index contributed by atoms with van der Waals surface area (Å²) in [6.07, 6.45) is 0. The molecule has 0 aromatic heterocycles. The first-order valence-electron chi connectivity index (χ1n) is 7.30. The van der Waals surface area contributed by atoms with Crippen molar-refractivity contribution in [2.45, 2.75) is 27.3 Å². The highest BCUT2D eigenvalue weighted by Gasteiger charge is 2.30. The lowest BCUT2D eigenvalue weighted by Gasteiger charge is -2.29. The van der Waals surface area contributed by atoms with Gasteiger partial charge in [-0.15, -0.1) is 12.4 Å². The Morgan fingerprint density at radius 3 is 2.30 bits per heavy atom. The van der Waals surface area contributed by atoms with E-state index in [1.54, 1.807) is 26.0 Å². The first kappa shape index (κ1) is 21.3. The maximum absolute atomic E-state index is 12.8. The van der Waals surface area contributed by atoms with Gasteiger partial charge in [0, 0.05) is 19.6 Å². The van der Waals surface area contributed by atoms with Crippen LogP contribution in [-0.2, 0) is 16.1 Å². The zero-order chi connectivity index (χ0) is 16.8. The molecule has 0 heterocycles. The van der Waals surface area contributed by atoms with E-state index in [0.29, 0.717) is 13.1 Å². The summed E-state index contributed by atoms with van der Waals surface area (Å²) in [7, 11) is 0. The van der Waals surface area contributed by atoms with E-state index in [4.69, 9.17) is 5.73 Å². The maximum Gasteiger partial charge on any atom is 0.239 e. The van der Waals surface area contributed by atoms with Crippen molar-refractivity contribution in [3.8, 4) is 0 Å². The number of hydrogen-bond acceptors (Lipinski definition) is 3. The van der Waals surface area contributed by atoms with Crippen molar-refractivity contribution in [3.05, 3.63) is 35.6 Å². The molecule has 0 radical (unpaired) electrons. The van der Waals surface area contributed by atoms with Crippen molar-refractivity contribution >= 4 is 24.2 Å². The molecule has 0 aliphatic rings. The van der Waals surface area contributed by atoms with E-state index >= 15 is 0 Å². The number of likely N-dealkylation sites (N-methyl/N-ethyl adjacent to an activating group) is 1. The SMILES string of the molecule is CCN(CC(=O)NCc1ccc(F)cc1)C(=O)C(C)(C)CN.Cl. The summed E-state index contributed by atoms with van der Waals surface area (Å²) < 4.78 is 12.8. The van der Waals surface area contributed by atoms with Crippen LogP contribution in [0.25, 0.3) is 0 Å². The first-order valence-corrected chi connectivity index (χ1v) is 7.30. The number of benzene rings is 1. The van der Waals surface area contributed by atoms with E-state index < -0.39 is 5.41 Å². The molecule has 130 valence electrons. The normalized spacial score (nSPS) is 10.7. The Morgan fingerprint density at radius 1 is 1.26 bits per heavy atom. The summed E-state index contributed by atoms with van der Waals surface area (Å²) in [5.41, 5.74) is 5.71. The molecule has 0 unspecified atom stereocenters. The Balaban J connectivity index is 0.00000484. The second kappa shape index (κ2) is 9.47. The summed E-state index contributed by atoms with van der Waals surface area (Å²) >= 11 is 0. The Kier molecular flexibility index (Phi) is 8.79. The summed E-state index contributed by atoms with van der Waals surface area (Å²) in [6.45, 7) is 6.28. The van der Waals surface area contributed by atoms with Crippen LogP contribution in [0.2, 0.25) is 0 Å². The highest BCUT2D eigenvalue weighted by Crippen LogP contribution is 2.16. The van der Waals surface area contributed by atoms with Crippen LogP contribution in [0.3, 0.4) is 0 Å². The second-order valence-electron chi connectivity index (χ2n) is 5.81. The van der Waals surface area contributed by atoms with Crippen LogP contribution in [0.15, 0.2) is 24.3 Å². The fraction of sp³-hybridized carbons (Fsp3) is 0.500. The van der Waals surface area contributed by atoms with Gasteiger partial charge in [-0.2, -0.15) is 0 Å². The van der Waals surface area contributed by atoms with E-state index in [-0.39, 0.29) is 43.1 Å². The molecule has 1 aromatic rings. The monoisotopic (exact) mass is 345 g/mol. The number of hydrogen-bond donors (Lipinski definition) is 2. The minimum Gasteiger partial charge on any atom is -0.350 e. The molecule has 7 heteroatoms. The van der Waals surface area contributed by atoms with Gasteiger partial charge in [0.15, 0.2) is 0 Å². The van der Waals surface area contributed by atoms with Crippen LogP contribution in [-0.4, -0.2) is 36.3 Å². The number of halogens is 2. The third kappa shape index (κ3) is 6.54. The van der Waals surface area contributed by atoms with Gasteiger partial charge in [0.05, 0.1) is 12.0 Å². The minimum atomic E-state index is -0.687. The Labute approximate surface area is 142 Å². The Hall–Kier alpha value is -1.66. The van der Waals surface area contributed by atoms with Crippen LogP contribution < -0.4 is 11.1 Å². The zero-order valence-electron chi connectivity index (χ0n) is 13.8. The topological polar surface area (TPSA) is 75.4 Å². The second-order valence-corrected chi connectivity index (χ2v) is 5.81. The van der Waals surface area contributed by atoms with Crippen molar-refractivity contribution < 1.29 is 14.0 Å². The molecule has 0 bridgehead atoms. The van der Waals surface area contributed by atoms with E-state index in [1.165, 1.54) is 17.0 Å². The van der Waals surface area contributed by atoms with E-state index in [2.05, 4.69) is 5.32 Å². The van der Waals surface area contributed by atoms with Gasteiger partial charge < -0.3 is 16.0 Å². The van der Waals surface area contributed by atoms with Crippen LogP contribution in [0.1, 0.15) is 26.3 Å². The predicted octanol–water partition coefficient (Wildman–Crippen LogP) is 1.70. The van der Waals surface area contributed by atoms with Gasteiger partial charge in [-0.3, -0.25) is 9.59 Å². The molecule has 23 heavy (non-hydrogen) atoms. The van der Waals surface area contributed by atoms with Crippen LogP contribution in [0.4, 0.5) is 4.39 Å². The summed E-state index contributed by atoms with van der Waals surface area (Å²) in [6, 6.07) is 5.89.